The molecule has 0 aromatic heterocycles. The van der Waals surface area contributed by atoms with E-state index >= 15 is 0 Å². The summed E-state index contributed by atoms with van der Waals surface area (Å²) in [7, 11) is 0. The number of halogens is 1. The van der Waals surface area contributed by atoms with Crippen LogP contribution >= 0.6 is 0 Å². The van der Waals surface area contributed by atoms with Crippen molar-refractivity contribution in [1.82, 2.24) is 5.32 Å². The number of hydrogen-bond donors (Lipinski definition) is 1. The van der Waals surface area contributed by atoms with Crippen LogP contribution < -0.4 is 10.2 Å². The minimum absolute atomic E-state index is 0.0107. The Balaban J connectivity index is 1.85. The number of non-ortho nitro benzene ring substituents is 1. The van der Waals surface area contributed by atoms with Gasteiger partial charge in [0.2, 0.25) is 0 Å². The summed E-state index contributed by atoms with van der Waals surface area (Å²) in [4.78, 5) is 47.4. The van der Waals surface area contributed by atoms with Crippen LogP contribution in [-0.2, 0) is 14.3 Å². The molecule has 152 valence electrons. The molecule has 29 heavy (non-hydrogen) atoms. The first-order chi connectivity index (χ1) is 13.8. The molecule has 0 aliphatic rings. The van der Waals surface area contributed by atoms with Gasteiger partial charge in [-0.05, 0) is 37.3 Å². The fourth-order valence-corrected chi connectivity index (χ4v) is 2.41. The van der Waals surface area contributed by atoms with E-state index in [9.17, 15) is 28.9 Å². The number of nitro groups is 1. The van der Waals surface area contributed by atoms with Crippen LogP contribution in [0.3, 0.4) is 0 Å². The van der Waals surface area contributed by atoms with Crippen LogP contribution in [0.1, 0.15) is 17.3 Å². The minimum atomic E-state index is -0.854. The van der Waals surface area contributed by atoms with Gasteiger partial charge in [0.15, 0.2) is 6.61 Å². The standard InChI is InChI=1S/C19H18FN3O6/c1-2-22(15-8-6-14(20)7-9-15)17(24)12-29-18(25)11-21-19(26)13-4-3-5-16(10-13)23(27)28/h3-10H,2,11-12H2,1H3,(H,21,26). The fourth-order valence-electron chi connectivity index (χ4n) is 2.41. The Bertz CT molecular complexity index is 916. The molecule has 0 saturated heterocycles. The molecule has 0 heterocycles. The van der Waals surface area contributed by atoms with Crippen molar-refractivity contribution in [3.8, 4) is 0 Å². The molecule has 0 unspecified atom stereocenters. The van der Waals surface area contributed by atoms with E-state index in [1.165, 1.54) is 47.4 Å². The van der Waals surface area contributed by atoms with Gasteiger partial charge in [0.1, 0.15) is 12.4 Å². The van der Waals surface area contributed by atoms with Gasteiger partial charge in [-0.25, -0.2) is 4.39 Å². The van der Waals surface area contributed by atoms with E-state index in [0.29, 0.717) is 5.69 Å². The Morgan fingerprint density at radius 2 is 1.86 bits per heavy atom. The van der Waals surface area contributed by atoms with Gasteiger partial charge in [0.05, 0.1) is 4.92 Å². The van der Waals surface area contributed by atoms with Gasteiger partial charge < -0.3 is 15.0 Å². The molecular formula is C19H18FN3O6. The molecular weight excluding hydrogens is 385 g/mol. The second-order valence-electron chi connectivity index (χ2n) is 5.77. The number of nitrogens with one attached hydrogen (secondary N) is 1. The molecule has 2 rings (SSSR count). The number of nitro benzene ring substituents is 1. The van der Waals surface area contributed by atoms with E-state index in [1.54, 1.807) is 6.92 Å². The molecule has 2 aromatic carbocycles. The number of amides is 2. The molecule has 0 saturated carbocycles. The topological polar surface area (TPSA) is 119 Å². The van der Waals surface area contributed by atoms with Gasteiger partial charge in [0, 0.05) is 29.9 Å². The summed E-state index contributed by atoms with van der Waals surface area (Å²) in [5.74, 6) is -2.51. The number of carbonyl (C=O) groups excluding carboxylic acids is 3. The van der Waals surface area contributed by atoms with Crippen molar-refractivity contribution in [2.45, 2.75) is 6.92 Å². The highest BCUT2D eigenvalue weighted by atomic mass is 19.1. The molecule has 0 atom stereocenters. The van der Waals surface area contributed by atoms with Crippen molar-refractivity contribution in [3.05, 3.63) is 70.0 Å². The van der Waals surface area contributed by atoms with E-state index in [-0.39, 0.29) is 17.8 Å². The Labute approximate surface area is 165 Å². The number of hydrogen-bond acceptors (Lipinski definition) is 6. The Kier molecular flexibility index (Phi) is 7.35. The highest BCUT2D eigenvalue weighted by Crippen LogP contribution is 2.15. The predicted octanol–water partition coefficient (Wildman–Crippen LogP) is 2.06. The van der Waals surface area contributed by atoms with Gasteiger partial charge in [0.25, 0.3) is 17.5 Å². The maximum absolute atomic E-state index is 13.0. The maximum atomic E-state index is 13.0. The van der Waals surface area contributed by atoms with Crippen LogP contribution in [0, 0.1) is 15.9 Å². The van der Waals surface area contributed by atoms with Crippen LogP contribution in [0.25, 0.3) is 0 Å². The summed E-state index contributed by atoms with van der Waals surface area (Å²) < 4.78 is 17.9. The minimum Gasteiger partial charge on any atom is -0.454 e. The average Bonchev–Trinajstić information content (AvgIpc) is 2.72. The summed E-state index contributed by atoms with van der Waals surface area (Å²) in [6, 6.07) is 10.3. The lowest BCUT2D eigenvalue weighted by atomic mass is 10.2. The van der Waals surface area contributed by atoms with Crippen LogP contribution in [0.4, 0.5) is 15.8 Å². The summed E-state index contributed by atoms with van der Waals surface area (Å²) in [5, 5.41) is 13.0. The van der Waals surface area contributed by atoms with Gasteiger partial charge in [-0.3, -0.25) is 24.5 Å². The molecule has 0 radical (unpaired) electrons. The first-order valence-electron chi connectivity index (χ1n) is 8.56. The average molecular weight is 403 g/mol. The van der Waals surface area contributed by atoms with E-state index in [4.69, 9.17) is 4.74 Å². The summed E-state index contributed by atoms with van der Waals surface area (Å²) >= 11 is 0. The van der Waals surface area contributed by atoms with Crippen LogP contribution in [0.5, 0.6) is 0 Å². The van der Waals surface area contributed by atoms with Gasteiger partial charge in [-0.15, -0.1) is 0 Å². The number of ether oxygens (including phenoxy) is 1. The summed E-state index contributed by atoms with van der Waals surface area (Å²) in [6.07, 6.45) is 0. The molecule has 2 amide bonds. The number of rotatable bonds is 8. The fraction of sp³-hybridized carbons (Fsp3) is 0.211. The zero-order chi connectivity index (χ0) is 21.4. The third-order valence-corrected chi connectivity index (χ3v) is 3.82. The zero-order valence-electron chi connectivity index (χ0n) is 15.5. The third kappa shape index (κ3) is 6.09. The lowest BCUT2D eigenvalue weighted by molar-refractivity contribution is -0.384. The van der Waals surface area contributed by atoms with Crippen LogP contribution in [0.2, 0.25) is 0 Å². The second-order valence-corrected chi connectivity index (χ2v) is 5.77. The van der Waals surface area contributed by atoms with Crippen molar-refractivity contribution in [1.29, 1.82) is 0 Å². The molecule has 0 fully saturated rings. The lowest BCUT2D eigenvalue weighted by Gasteiger charge is -2.20. The van der Waals surface area contributed by atoms with E-state index in [2.05, 4.69) is 5.32 Å². The normalized spacial score (nSPS) is 10.1. The second kappa shape index (κ2) is 9.93. The molecule has 9 nitrogen and oxygen atoms in total. The third-order valence-electron chi connectivity index (χ3n) is 3.82. The van der Waals surface area contributed by atoms with Crippen LogP contribution in [-0.4, -0.2) is 42.4 Å². The lowest BCUT2D eigenvalue weighted by Crippen LogP contribution is -2.36. The zero-order valence-corrected chi connectivity index (χ0v) is 15.5. The monoisotopic (exact) mass is 403 g/mol. The van der Waals surface area contributed by atoms with E-state index in [1.807, 2.05) is 0 Å². The van der Waals surface area contributed by atoms with Crippen molar-refractivity contribution in [2.24, 2.45) is 0 Å². The van der Waals surface area contributed by atoms with Gasteiger partial charge in [-0.2, -0.15) is 0 Å². The molecule has 1 N–H and O–H groups in total. The predicted molar refractivity (Wildman–Crippen MR) is 101 cm³/mol. The number of anilines is 1. The highest BCUT2D eigenvalue weighted by molar-refractivity contribution is 5.97. The SMILES string of the molecule is CCN(C(=O)COC(=O)CNC(=O)c1cccc([N+](=O)[O-])c1)c1ccc(F)cc1. The van der Waals surface area contributed by atoms with Crippen LogP contribution in [0.15, 0.2) is 48.5 Å². The molecule has 0 spiro atoms. The smallest absolute Gasteiger partial charge is 0.325 e. The van der Waals surface area contributed by atoms with E-state index in [0.717, 1.165) is 6.07 Å². The van der Waals surface area contributed by atoms with Crippen molar-refractivity contribution in [2.75, 3.05) is 24.6 Å². The molecule has 0 aliphatic carbocycles. The number of benzene rings is 2. The molecule has 0 aliphatic heterocycles. The van der Waals surface area contributed by atoms with Gasteiger partial charge in [-0.1, -0.05) is 6.07 Å². The Hall–Kier alpha value is -3.82. The number of likely N-dealkylation sites (N-methyl/N-ethyl adjacent to an activating group) is 1. The summed E-state index contributed by atoms with van der Waals surface area (Å²) in [5.41, 5.74) is 0.205. The maximum Gasteiger partial charge on any atom is 0.325 e. The largest absolute Gasteiger partial charge is 0.454 e. The molecule has 0 bridgehead atoms. The summed E-state index contributed by atoms with van der Waals surface area (Å²) in [6.45, 7) is 0.919. The molecule has 2 aromatic rings. The van der Waals surface area contributed by atoms with Crippen molar-refractivity contribution in [3.63, 3.8) is 0 Å². The highest BCUT2D eigenvalue weighted by Gasteiger charge is 2.17. The Morgan fingerprint density at radius 3 is 2.48 bits per heavy atom. The van der Waals surface area contributed by atoms with Gasteiger partial charge >= 0.3 is 5.97 Å². The first kappa shape index (κ1) is 21.5. The first-order valence-corrected chi connectivity index (χ1v) is 8.56. The quantitative estimate of drug-likeness (QED) is 0.409. The number of nitrogens with zero attached hydrogens (tertiary/aromatic N) is 2. The van der Waals surface area contributed by atoms with E-state index < -0.39 is 41.7 Å². The number of carbonyl (C=O) groups is 3. The van der Waals surface area contributed by atoms with Crippen molar-refractivity contribution < 1.29 is 28.4 Å². The Morgan fingerprint density at radius 1 is 1.17 bits per heavy atom. The number of esters is 1. The van der Waals surface area contributed by atoms with Crippen molar-refractivity contribution >= 4 is 29.2 Å². The molecule has 10 heteroatoms.